The first kappa shape index (κ1) is 23.4. The summed E-state index contributed by atoms with van der Waals surface area (Å²) in [7, 11) is 1.79. The SMILES string of the molecule is CN(CCCc1cc(-c2ccc(F)cc2)n[nH]1)C(=O)c1ccc(CNC(=O)c2cccs2)cc1. The number of nitrogens with zero attached hydrogens (tertiary/aromatic N) is 2. The average Bonchev–Trinajstić information content (AvgIpc) is 3.56. The second kappa shape index (κ2) is 10.9. The highest BCUT2D eigenvalue weighted by atomic mass is 32.1. The molecule has 0 aliphatic heterocycles. The largest absolute Gasteiger partial charge is 0.347 e. The number of halogens is 1. The van der Waals surface area contributed by atoms with Crippen LogP contribution in [0, 0.1) is 5.82 Å². The summed E-state index contributed by atoms with van der Waals surface area (Å²) in [5, 5.41) is 12.1. The van der Waals surface area contributed by atoms with E-state index in [-0.39, 0.29) is 17.6 Å². The maximum atomic E-state index is 13.1. The molecule has 0 unspecified atom stereocenters. The molecule has 0 saturated heterocycles. The van der Waals surface area contributed by atoms with Gasteiger partial charge in [0.1, 0.15) is 5.82 Å². The van der Waals surface area contributed by atoms with Crippen molar-refractivity contribution >= 4 is 23.2 Å². The van der Waals surface area contributed by atoms with E-state index in [4.69, 9.17) is 0 Å². The number of benzene rings is 2. The standard InChI is InChI=1S/C26H25FN4O2S/c1-31(14-2-4-22-16-23(30-29-22)19-10-12-21(27)13-11-19)26(33)20-8-6-18(7-9-20)17-28-25(32)24-5-3-15-34-24/h3,5-13,15-16H,2,4,14,17H2,1H3,(H,28,32)(H,29,30). The molecule has 4 aromatic rings. The van der Waals surface area contributed by atoms with Crippen LogP contribution < -0.4 is 5.32 Å². The summed E-state index contributed by atoms with van der Waals surface area (Å²) in [5.74, 6) is -0.425. The molecule has 0 spiro atoms. The third-order valence-corrected chi connectivity index (χ3v) is 6.32. The lowest BCUT2D eigenvalue weighted by Gasteiger charge is -2.17. The third-order valence-electron chi connectivity index (χ3n) is 5.46. The number of aryl methyl sites for hydroxylation is 1. The summed E-state index contributed by atoms with van der Waals surface area (Å²) in [4.78, 5) is 27.2. The molecule has 8 heteroatoms. The molecule has 0 saturated carbocycles. The minimum Gasteiger partial charge on any atom is -0.347 e. The van der Waals surface area contributed by atoms with Crippen LogP contribution in [0.3, 0.4) is 0 Å². The fraction of sp³-hybridized carbons (Fsp3) is 0.192. The van der Waals surface area contributed by atoms with Crippen LogP contribution in [0.15, 0.2) is 72.1 Å². The van der Waals surface area contributed by atoms with Crippen molar-refractivity contribution in [2.24, 2.45) is 0 Å². The Bertz CT molecular complexity index is 1230. The smallest absolute Gasteiger partial charge is 0.261 e. The molecule has 2 N–H and O–H groups in total. The van der Waals surface area contributed by atoms with Crippen molar-refractivity contribution in [2.45, 2.75) is 19.4 Å². The molecule has 2 amide bonds. The third kappa shape index (κ3) is 5.96. The van der Waals surface area contributed by atoms with Gasteiger partial charge >= 0.3 is 0 Å². The Hall–Kier alpha value is -3.78. The van der Waals surface area contributed by atoms with Gasteiger partial charge in [0.05, 0.1) is 10.6 Å². The molecule has 34 heavy (non-hydrogen) atoms. The van der Waals surface area contributed by atoms with E-state index in [9.17, 15) is 14.0 Å². The minimum atomic E-state index is -0.275. The number of aromatic amines is 1. The lowest BCUT2D eigenvalue weighted by atomic mass is 10.1. The lowest BCUT2D eigenvalue weighted by molar-refractivity contribution is 0.0793. The molecule has 2 heterocycles. The molecule has 4 rings (SSSR count). The Balaban J connectivity index is 1.23. The molecule has 0 bridgehead atoms. The number of hydrogen-bond donors (Lipinski definition) is 2. The van der Waals surface area contributed by atoms with Gasteiger partial charge in [-0.05, 0) is 72.3 Å². The van der Waals surface area contributed by atoms with E-state index in [1.807, 2.05) is 29.6 Å². The minimum absolute atomic E-state index is 0.0502. The molecule has 0 radical (unpaired) electrons. The summed E-state index contributed by atoms with van der Waals surface area (Å²) in [6.07, 6.45) is 1.52. The van der Waals surface area contributed by atoms with Crippen LogP contribution in [0.5, 0.6) is 0 Å². The maximum Gasteiger partial charge on any atom is 0.261 e. The highest BCUT2D eigenvalue weighted by Gasteiger charge is 2.12. The molecular formula is C26H25FN4O2S. The molecule has 2 aromatic carbocycles. The van der Waals surface area contributed by atoms with Gasteiger partial charge in [0.15, 0.2) is 0 Å². The van der Waals surface area contributed by atoms with Crippen LogP contribution in [0.1, 0.15) is 37.7 Å². The van der Waals surface area contributed by atoms with Gasteiger partial charge in [-0.25, -0.2) is 4.39 Å². The van der Waals surface area contributed by atoms with Crippen molar-refractivity contribution in [2.75, 3.05) is 13.6 Å². The summed E-state index contributed by atoms with van der Waals surface area (Å²) in [5.41, 5.74) is 4.13. The van der Waals surface area contributed by atoms with Crippen LogP contribution in [-0.4, -0.2) is 40.5 Å². The number of hydrogen-bond acceptors (Lipinski definition) is 4. The fourth-order valence-electron chi connectivity index (χ4n) is 3.53. The van der Waals surface area contributed by atoms with Crippen LogP contribution in [0.25, 0.3) is 11.3 Å². The van der Waals surface area contributed by atoms with Gasteiger partial charge in [-0.1, -0.05) is 18.2 Å². The van der Waals surface area contributed by atoms with Gasteiger partial charge in [0, 0.05) is 37.0 Å². The summed E-state index contributed by atoms with van der Waals surface area (Å²) in [6.45, 7) is 1.01. The summed E-state index contributed by atoms with van der Waals surface area (Å²) >= 11 is 1.40. The Morgan fingerprint density at radius 3 is 2.56 bits per heavy atom. The Morgan fingerprint density at radius 1 is 1.09 bits per heavy atom. The van der Waals surface area contributed by atoms with Crippen LogP contribution >= 0.6 is 11.3 Å². The van der Waals surface area contributed by atoms with Crippen LogP contribution in [0.4, 0.5) is 4.39 Å². The van der Waals surface area contributed by atoms with Gasteiger partial charge < -0.3 is 10.2 Å². The van der Waals surface area contributed by atoms with Crippen molar-refractivity contribution in [3.05, 3.63) is 99.6 Å². The van der Waals surface area contributed by atoms with E-state index < -0.39 is 0 Å². The zero-order valence-corrected chi connectivity index (χ0v) is 19.6. The maximum absolute atomic E-state index is 13.1. The topological polar surface area (TPSA) is 78.1 Å². The first-order valence-corrected chi connectivity index (χ1v) is 11.8. The van der Waals surface area contributed by atoms with E-state index in [1.165, 1.54) is 23.5 Å². The summed E-state index contributed by atoms with van der Waals surface area (Å²) in [6, 6.07) is 19.1. The van der Waals surface area contributed by atoms with E-state index in [1.54, 1.807) is 42.3 Å². The molecule has 0 aliphatic carbocycles. The predicted octanol–water partition coefficient (Wildman–Crippen LogP) is 4.91. The number of amides is 2. The number of H-pyrrole nitrogens is 1. The number of carbonyl (C=O) groups is 2. The predicted molar refractivity (Wildman–Crippen MR) is 131 cm³/mol. The van der Waals surface area contributed by atoms with Crippen molar-refractivity contribution in [3.63, 3.8) is 0 Å². The molecule has 2 aromatic heterocycles. The molecule has 0 fully saturated rings. The van der Waals surface area contributed by atoms with E-state index in [0.29, 0.717) is 23.5 Å². The molecule has 174 valence electrons. The lowest BCUT2D eigenvalue weighted by Crippen LogP contribution is -2.28. The molecule has 0 atom stereocenters. The van der Waals surface area contributed by atoms with E-state index in [2.05, 4.69) is 15.5 Å². The monoisotopic (exact) mass is 476 g/mol. The van der Waals surface area contributed by atoms with Gasteiger partial charge in [0.2, 0.25) is 0 Å². The highest BCUT2D eigenvalue weighted by molar-refractivity contribution is 7.12. The Kier molecular flexibility index (Phi) is 7.49. The zero-order chi connectivity index (χ0) is 23.9. The van der Waals surface area contributed by atoms with Gasteiger partial charge in [-0.15, -0.1) is 11.3 Å². The van der Waals surface area contributed by atoms with Gasteiger partial charge in [-0.3, -0.25) is 14.7 Å². The average molecular weight is 477 g/mol. The number of rotatable bonds is 9. The molecule has 6 nitrogen and oxygen atoms in total. The highest BCUT2D eigenvalue weighted by Crippen LogP contribution is 2.19. The number of aromatic nitrogens is 2. The normalized spacial score (nSPS) is 10.8. The number of nitrogens with one attached hydrogen (secondary N) is 2. The molecular weight excluding hydrogens is 451 g/mol. The zero-order valence-electron chi connectivity index (χ0n) is 18.8. The summed E-state index contributed by atoms with van der Waals surface area (Å²) < 4.78 is 13.1. The van der Waals surface area contributed by atoms with Crippen LogP contribution in [-0.2, 0) is 13.0 Å². The van der Waals surface area contributed by atoms with E-state index in [0.717, 1.165) is 35.4 Å². The molecule has 0 aliphatic rings. The number of carbonyl (C=O) groups excluding carboxylic acids is 2. The van der Waals surface area contributed by atoms with Crippen molar-refractivity contribution < 1.29 is 14.0 Å². The van der Waals surface area contributed by atoms with E-state index >= 15 is 0 Å². The first-order valence-electron chi connectivity index (χ1n) is 11.0. The second-order valence-corrected chi connectivity index (χ2v) is 8.92. The Labute approximate surface area is 201 Å². The van der Waals surface area contributed by atoms with Crippen LogP contribution in [0.2, 0.25) is 0 Å². The quantitative estimate of drug-likeness (QED) is 0.360. The van der Waals surface area contributed by atoms with Gasteiger partial charge in [0.25, 0.3) is 11.8 Å². The van der Waals surface area contributed by atoms with Crippen molar-refractivity contribution in [1.82, 2.24) is 20.4 Å². The van der Waals surface area contributed by atoms with Gasteiger partial charge in [-0.2, -0.15) is 5.10 Å². The second-order valence-electron chi connectivity index (χ2n) is 7.97. The van der Waals surface area contributed by atoms with Crippen molar-refractivity contribution in [3.8, 4) is 11.3 Å². The number of thiophene rings is 1. The Morgan fingerprint density at radius 2 is 1.85 bits per heavy atom. The first-order chi connectivity index (χ1) is 16.5. The fourth-order valence-corrected chi connectivity index (χ4v) is 4.17. The van der Waals surface area contributed by atoms with Crippen molar-refractivity contribution in [1.29, 1.82) is 0 Å².